The normalized spacial score (nSPS) is 10.4. The molecule has 1 heterocycles. The fraction of sp³-hybridized carbons (Fsp3) is 0.222. The minimum Gasteiger partial charge on any atom is -0.501 e. The lowest BCUT2D eigenvalue weighted by atomic mass is 10.0. The molecule has 0 aliphatic rings. The summed E-state index contributed by atoms with van der Waals surface area (Å²) < 4.78 is 5.02. The van der Waals surface area contributed by atoms with Crippen LogP contribution in [0.4, 0.5) is 0 Å². The molecule has 0 bridgehead atoms. The van der Waals surface area contributed by atoms with Crippen LogP contribution in [0.25, 0.3) is 6.08 Å². The highest BCUT2D eigenvalue weighted by Crippen LogP contribution is 1.94. The van der Waals surface area contributed by atoms with Crippen molar-refractivity contribution in [3.05, 3.63) is 30.2 Å². The number of nitrogens with zero attached hydrogens (tertiary/aromatic N) is 1. The molecule has 1 aromatic heterocycles. The maximum Gasteiger partial charge on any atom is 0.141 e. The van der Waals surface area contributed by atoms with Crippen LogP contribution >= 0.6 is 0 Å². The third kappa shape index (κ3) is 2.78. The van der Waals surface area contributed by atoms with E-state index in [4.69, 9.17) is 12.6 Å². The van der Waals surface area contributed by atoms with Gasteiger partial charge >= 0.3 is 0 Å². The molecule has 12 heavy (non-hydrogen) atoms. The van der Waals surface area contributed by atoms with Crippen LogP contribution in [0.3, 0.4) is 0 Å². The summed E-state index contributed by atoms with van der Waals surface area (Å²) >= 11 is 0. The Bertz CT molecular complexity index is 273. The zero-order valence-corrected chi connectivity index (χ0v) is 7.03. The molecule has 0 aromatic carbocycles. The minimum atomic E-state index is 0.522. The molecule has 0 saturated heterocycles. The first-order valence-corrected chi connectivity index (χ1v) is 3.83. The van der Waals surface area contributed by atoms with Gasteiger partial charge in [0.1, 0.15) is 7.85 Å². The molecule has 0 spiro atoms. The van der Waals surface area contributed by atoms with Gasteiger partial charge in [0, 0.05) is 0 Å². The van der Waals surface area contributed by atoms with E-state index in [1.54, 1.807) is 18.4 Å². The number of hydrogen-bond donors (Lipinski definition) is 0. The van der Waals surface area contributed by atoms with E-state index in [0.29, 0.717) is 12.2 Å². The van der Waals surface area contributed by atoms with Crippen LogP contribution in [0.2, 0.25) is 0 Å². The zero-order chi connectivity index (χ0) is 8.81. The van der Waals surface area contributed by atoms with E-state index in [9.17, 15) is 0 Å². The second kappa shape index (κ2) is 4.60. The number of ether oxygens (including phenoxy) is 1. The van der Waals surface area contributed by atoms with Crippen molar-refractivity contribution in [3.8, 4) is 0 Å². The molecule has 60 valence electrons. The Labute approximate surface area is 73.7 Å². The van der Waals surface area contributed by atoms with Gasteiger partial charge in [0.2, 0.25) is 0 Å². The summed E-state index contributed by atoms with van der Waals surface area (Å²) in [5.41, 5.74) is 1.33. The van der Waals surface area contributed by atoms with Crippen LogP contribution in [-0.2, 0) is 4.74 Å². The van der Waals surface area contributed by atoms with Crippen molar-refractivity contribution in [2.24, 2.45) is 0 Å². The van der Waals surface area contributed by atoms with Crippen molar-refractivity contribution >= 4 is 19.5 Å². The molecular formula is C9H10BNO. The highest BCUT2D eigenvalue weighted by atomic mass is 16.5. The minimum absolute atomic E-state index is 0.522. The van der Waals surface area contributed by atoms with Gasteiger partial charge in [-0.15, -0.1) is 0 Å². The summed E-state index contributed by atoms with van der Waals surface area (Å²) in [6.45, 7) is 2.59. The van der Waals surface area contributed by atoms with E-state index in [2.05, 4.69) is 4.98 Å². The standard InChI is InChI=1S/C9H10BNO/c1-2-12-7-6-8-4-3-5-9(10)11-8/h3-7H,2H2,1H3/b7-6+. The summed E-state index contributed by atoms with van der Waals surface area (Å²) in [6.07, 6.45) is 3.39. The Morgan fingerprint density at radius 2 is 2.42 bits per heavy atom. The van der Waals surface area contributed by atoms with Crippen LogP contribution in [-0.4, -0.2) is 19.4 Å². The maximum atomic E-state index is 5.48. The van der Waals surface area contributed by atoms with Crippen LogP contribution in [0, 0.1) is 0 Å². The quantitative estimate of drug-likeness (QED) is 0.482. The van der Waals surface area contributed by atoms with E-state index in [1.165, 1.54) is 0 Å². The van der Waals surface area contributed by atoms with Gasteiger partial charge < -0.3 is 4.74 Å². The van der Waals surface area contributed by atoms with Gasteiger partial charge in [0.05, 0.1) is 18.6 Å². The average Bonchev–Trinajstić information content (AvgIpc) is 2.05. The SMILES string of the molecule is [B]c1cccc(/C=C/OCC)n1. The van der Waals surface area contributed by atoms with E-state index in [-0.39, 0.29) is 0 Å². The van der Waals surface area contributed by atoms with Crippen molar-refractivity contribution < 1.29 is 4.74 Å². The first-order chi connectivity index (χ1) is 5.83. The van der Waals surface area contributed by atoms with Gasteiger partial charge in [-0.25, -0.2) is 0 Å². The van der Waals surface area contributed by atoms with Gasteiger partial charge in [0.25, 0.3) is 0 Å². The van der Waals surface area contributed by atoms with E-state index in [0.717, 1.165) is 5.69 Å². The van der Waals surface area contributed by atoms with Gasteiger partial charge in [-0.1, -0.05) is 12.1 Å². The fourth-order valence-corrected chi connectivity index (χ4v) is 0.776. The molecule has 0 aliphatic heterocycles. The molecule has 1 rings (SSSR count). The molecule has 0 fully saturated rings. The Hall–Kier alpha value is -1.25. The Morgan fingerprint density at radius 3 is 3.08 bits per heavy atom. The second-order valence-corrected chi connectivity index (χ2v) is 2.25. The highest BCUT2D eigenvalue weighted by Gasteiger charge is 1.87. The van der Waals surface area contributed by atoms with Crippen LogP contribution in [0.5, 0.6) is 0 Å². The van der Waals surface area contributed by atoms with Crippen molar-refractivity contribution in [1.82, 2.24) is 4.98 Å². The maximum absolute atomic E-state index is 5.48. The molecule has 0 unspecified atom stereocenters. The summed E-state index contributed by atoms with van der Waals surface area (Å²) in [5, 5.41) is 0. The molecule has 2 nitrogen and oxygen atoms in total. The van der Waals surface area contributed by atoms with Gasteiger partial charge in [-0.3, -0.25) is 4.98 Å². The van der Waals surface area contributed by atoms with E-state index >= 15 is 0 Å². The Balaban J connectivity index is 2.63. The third-order valence-corrected chi connectivity index (χ3v) is 1.29. The smallest absolute Gasteiger partial charge is 0.141 e. The molecule has 1 aromatic rings. The van der Waals surface area contributed by atoms with Crippen molar-refractivity contribution in [1.29, 1.82) is 0 Å². The van der Waals surface area contributed by atoms with Gasteiger partial charge in [-0.05, 0) is 24.7 Å². The Morgan fingerprint density at radius 1 is 1.58 bits per heavy atom. The zero-order valence-electron chi connectivity index (χ0n) is 7.03. The number of hydrogen-bond acceptors (Lipinski definition) is 2. The predicted octanol–water partition coefficient (Wildman–Crippen LogP) is 0.883. The predicted molar refractivity (Wildman–Crippen MR) is 50.3 cm³/mol. The molecule has 3 heteroatoms. The number of aromatic nitrogens is 1. The molecule has 0 amide bonds. The second-order valence-electron chi connectivity index (χ2n) is 2.25. The topological polar surface area (TPSA) is 22.1 Å². The lowest BCUT2D eigenvalue weighted by Crippen LogP contribution is -2.07. The van der Waals surface area contributed by atoms with Crippen LogP contribution in [0.15, 0.2) is 24.5 Å². The number of pyridine rings is 1. The summed E-state index contributed by atoms with van der Waals surface area (Å²) in [7, 11) is 5.48. The number of rotatable bonds is 3. The van der Waals surface area contributed by atoms with Crippen molar-refractivity contribution in [2.75, 3.05) is 6.61 Å². The largest absolute Gasteiger partial charge is 0.501 e. The molecule has 0 aliphatic carbocycles. The molecule has 2 radical (unpaired) electrons. The molecule has 0 saturated carbocycles. The third-order valence-electron chi connectivity index (χ3n) is 1.29. The molecule has 0 atom stereocenters. The first kappa shape index (κ1) is 8.85. The van der Waals surface area contributed by atoms with E-state index < -0.39 is 0 Å². The molecular weight excluding hydrogens is 149 g/mol. The lowest BCUT2D eigenvalue weighted by molar-refractivity contribution is 0.272. The van der Waals surface area contributed by atoms with Crippen LogP contribution in [0.1, 0.15) is 12.6 Å². The molecule has 0 N–H and O–H groups in total. The monoisotopic (exact) mass is 159 g/mol. The lowest BCUT2D eigenvalue weighted by Gasteiger charge is -1.95. The average molecular weight is 159 g/mol. The van der Waals surface area contributed by atoms with Gasteiger partial charge in [-0.2, -0.15) is 0 Å². The summed E-state index contributed by atoms with van der Waals surface area (Å²) in [4.78, 5) is 4.06. The van der Waals surface area contributed by atoms with E-state index in [1.807, 2.05) is 19.1 Å². The fourth-order valence-electron chi connectivity index (χ4n) is 0.776. The highest BCUT2D eigenvalue weighted by molar-refractivity contribution is 6.30. The summed E-state index contributed by atoms with van der Waals surface area (Å²) in [5.74, 6) is 0. The first-order valence-electron chi connectivity index (χ1n) is 3.83. The van der Waals surface area contributed by atoms with Crippen molar-refractivity contribution in [2.45, 2.75) is 6.92 Å². The van der Waals surface area contributed by atoms with Crippen LogP contribution < -0.4 is 5.59 Å². The summed E-state index contributed by atoms with van der Waals surface area (Å²) in [6, 6.07) is 5.47. The van der Waals surface area contributed by atoms with Gasteiger partial charge in [0.15, 0.2) is 0 Å². The Kier molecular flexibility index (Phi) is 3.39. The van der Waals surface area contributed by atoms with Crippen molar-refractivity contribution in [3.63, 3.8) is 0 Å².